The van der Waals surface area contributed by atoms with Crippen LogP contribution in [0.3, 0.4) is 0 Å². The van der Waals surface area contributed by atoms with E-state index in [1.54, 1.807) is 14.0 Å². The van der Waals surface area contributed by atoms with E-state index in [9.17, 15) is 9.59 Å². The number of carbonyl (C=O) groups is 2. The van der Waals surface area contributed by atoms with Crippen molar-refractivity contribution in [1.29, 1.82) is 0 Å². The number of rotatable bonds is 8. The van der Waals surface area contributed by atoms with Crippen LogP contribution in [0.25, 0.3) is 0 Å². The number of hydrogen-bond donors (Lipinski definition) is 0. The summed E-state index contributed by atoms with van der Waals surface area (Å²) < 4.78 is 14.8. The number of ether oxygens (including phenoxy) is 3. The highest BCUT2D eigenvalue weighted by Gasteiger charge is 2.11. The molecule has 0 N–H and O–H groups in total. The first-order valence-corrected chi connectivity index (χ1v) is 5.38. The van der Waals surface area contributed by atoms with Gasteiger partial charge in [-0.05, 0) is 6.42 Å². The van der Waals surface area contributed by atoms with Crippen LogP contribution in [0.1, 0.15) is 26.7 Å². The predicted octanol–water partition coefficient (Wildman–Crippen LogP) is 1.16. The molecule has 5 nitrogen and oxygen atoms in total. The first kappa shape index (κ1) is 14.9. The van der Waals surface area contributed by atoms with Gasteiger partial charge in [-0.15, -0.1) is 0 Å². The molecule has 0 aromatic rings. The van der Waals surface area contributed by atoms with Crippen molar-refractivity contribution in [3.8, 4) is 0 Å². The zero-order chi connectivity index (χ0) is 12.4. The molecule has 0 aromatic carbocycles. The first-order chi connectivity index (χ1) is 7.60. The quantitative estimate of drug-likeness (QED) is 0.587. The van der Waals surface area contributed by atoms with Crippen molar-refractivity contribution in [2.45, 2.75) is 26.7 Å². The van der Waals surface area contributed by atoms with Crippen LogP contribution < -0.4 is 0 Å². The molecule has 0 rings (SSSR count). The molecule has 5 heteroatoms. The molecule has 0 fully saturated rings. The molecule has 0 aliphatic heterocycles. The van der Waals surface area contributed by atoms with Gasteiger partial charge in [0.2, 0.25) is 0 Å². The standard InChI is InChI=1S/C11H20O5/c1-4-11(13)16-8-10(7-14-3)5-6-15-9(2)12/h10H,4-8H2,1-3H3. The summed E-state index contributed by atoms with van der Waals surface area (Å²) in [6, 6.07) is 0. The predicted molar refractivity (Wildman–Crippen MR) is 57.9 cm³/mol. The van der Waals surface area contributed by atoms with E-state index in [1.165, 1.54) is 6.92 Å². The minimum absolute atomic E-state index is 0.0693. The molecule has 1 atom stereocenters. The molecular formula is C11H20O5. The lowest BCUT2D eigenvalue weighted by molar-refractivity contribution is -0.147. The number of carbonyl (C=O) groups excluding carboxylic acids is 2. The summed E-state index contributed by atoms with van der Waals surface area (Å²) in [5, 5.41) is 0. The summed E-state index contributed by atoms with van der Waals surface area (Å²) in [5.41, 5.74) is 0. The van der Waals surface area contributed by atoms with E-state index >= 15 is 0 Å². The van der Waals surface area contributed by atoms with Gasteiger partial charge in [-0.25, -0.2) is 0 Å². The van der Waals surface area contributed by atoms with Crippen LogP contribution in [-0.4, -0.2) is 38.9 Å². The zero-order valence-corrected chi connectivity index (χ0v) is 10.2. The number of esters is 2. The fourth-order valence-electron chi connectivity index (χ4n) is 1.13. The Morgan fingerprint density at radius 1 is 1.19 bits per heavy atom. The van der Waals surface area contributed by atoms with Crippen molar-refractivity contribution in [1.82, 2.24) is 0 Å². The highest BCUT2D eigenvalue weighted by atomic mass is 16.5. The minimum Gasteiger partial charge on any atom is -0.466 e. The minimum atomic E-state index is -0.304. The van der Waals surface area contributed by atoms with Crippen LogP contribution >= 0.6 is 0 Å². The lowest BCUT2D eigenvalue weighted by Crippen LogP contribution is -2.20. The summed E-state index contributed by atoms with van der Waals surface area (Å²) in [4.78, 5) is 21.5. The summed E-state index contributed by atoms with van der Waals surface area (Å²) in [6.45, 7) is 4.22. The average molecular weight is 232 g/mol. The molecule has 0 radical (unpaired) electrons. The maximum Gasteiger partial charge on any atom is 0.305 e. The third kappa shape index (κ3) is 8.23. The first-order valence-electron chi connectivity index (χ1n) is 5.38. The Morgan fingerprint density at radius 2 is 1.88 bits per heavy atom. The van der Waals surface area contributed by atoms with Gasteiger partial charge in [0.15, 0.2) is 0 Å². The smallest absolute Gasteiger partial charge is 0.305 e. The van der Waals surface area contributed by atoms with Crippen LogP contribution in [0.2, 0.25) is 0 Å². The molecule has 0 bridgehead atoms. The summed E-state index contributed by atoms with van der Waals surface area (Å²) in [5.74, 6) is -0.463. The molecule has 0 aliphatic carbocycles. The molecule has 0 aromatic heterocycles. The van der Waals surface area contributed by atoms with Crippen molar-refractivity contribution in [2.24, 2.45) is 5.92 Å². The van der Waals surface area contributed by atoms with Gasteiger partial charge in [0.05, 0.1) is 19.8 Å². The Labute approximate surface area is 96.1 Å². The van der Waals surface area contributed by atoms with Gasteiger partial charge in [0.1, 0.15) is 0 Å². The molecule has 1 unspecified atom stereocenters. The molecule has 0 aliphatic rings. The van der Waals surface area contributed by atoms with Gasteiger partial charge in [-0.1, -0.05) is 6.92 Å². The highest BCUT2D eigenvalue weighted by Crippen LogP contribution is 2.06. The Balaban J connectivity index is 3.78. The fraction of sp³-hybridized carbons (Fsp3) is 0.818. The van der Waals surface area contributed by atoms with E-state index in [2.05, 4.69) is 0 Å². The second-order valence-electron chi connectivity index (χ2n) is 3.49. The van der Waals surface area contributed by atoms with Crippen molar-refractivity contribution in [3.05, 3.63) is 0 Å². The SMILES string of the molecule is CCC(=O)OCC(CCOC(C)=O)COC. The molecule has 0 spiro atoms. The monoisotopic (exact) mass is 232 g/mol. The van der Waals surface area contributed by atoms with Crippen molar-refractivity contribution >= 4 is 11.9 Å². The van der Waals surface area contributed by atoms with E-state index in [0.29, 0.717) is 32.7 Å². The van der Waals surface area contributed by atoms with Crippen LogP contribution in [0.4, 0.5) is 0 Å². The van der Waals surface area contributed by atoms with Gasteiger partial charge in [-0.3, -0.25) is 9.59 Å². The second-order valence-corrected chi connectivity index (χ2v) is 3.49. The Hall–Kier alpha value is -1.10. The fourth-order valence-corrected chi connectivity index (χ4v) is 1.13. The summed E-state index contributed by atoms with van der Waals surface area (Å²) >= 11 is 0. The van der Waals surface area contributed by atoms with E-state index in [1.807, 2.05) is 0 Å². The van der Waals surface area contributed by atoms with E-state index in [4.69, 9.17) is 14.2 Å². The van der Waals surface area contributed by atoms with E-state index in [-0.39, 0.29) is 17.9 Å². The maximum atomic E-state index is 11.0. The highest BCUT2D eigenvalue weighted by molar-refractivity contribution is 5.68. The third-order valence-corrected chi connectivity index (χ3v) is 2.00. The van der Waals surface area contributed by atoms with Crippen LogP contribution in [0, 0.1) is 5.92 Å². The molecule has 0 saturated heterocycles. The lowest BCUT2D eigenvalue weighted by Gasteiger charge is -2.15. The topological polar surface area (TPSA) is 61.8 Å². The van der Waals surface area contributed by atoms with Crippen molar-refractivity contribution in [2.75, 3.05) is 26.9 Å². The second kappa shape index (κ2) is 9.15. The Morgan fingerprint density at radius 3 is 2.38 bits per heavy atom. The van der Waals surface area contributed by atoms with Crippen molar-refractivity contribution < 1.29 is 23.8 Å². The Kier molecular flexibility index (Phi) is 8.52. The van der Waals surface area contributed by atoms with E-state index < -0.39 is 0 Å². The molecule has 0 heterocycles. The van der Waals surface area contributed by atoms with Crippen LogP contribution in [0.15, 0.2) is 0 Å². The summed E-state index contributed by atoms with van der Waals surface area (Å²) in [6.07, 6.45) is 0.994. The number of hydrogen-bond acceptors (Lipinski definition) is 5. The van der Waals surface area contributed by atoms with Crippen molar-refractivity contribution in [3.63, 3.8) is 0 Å². The van der Waals surface area contributed by atoms with Gasteiger partial charge in [0, 0.05) is 26.4 Å². The van der Waals surface area contributed by atoms with Gasteiger partial charge >= 0.3 is 11.9 Å². The lowest BCUT2D eigenvalue weighted by atomic mass is 10.1. The van der Waals surface area contributed by atoms with Crippen LogP contribution in [0.5, 0.6) is 0 Å². The Bertz CT molecular complexity index is 214. The van der Waals surface area contributed by atoms with Crippen LogP contribution in [-0.2, 0) is 23.8 Å². The largest absolute Gasteiger partial charge is 0.466 e. The van der Waals surface area contributed by atoms with Gasteiger partial charge in [-0.2, -0.15) is 0 Å². The van der Waals surface area contributed by atoms with E-state index in [0.717, 1.165) is 0 Å². The molecule has 0 amide bonds. The molecule has 16 heavy (non-hydrogen) atoms. The summed E-state index contributed by atoms with van der Waals surface area (Å²) in [7, 11) is 1.58. The normalized spacial score (nSPS) is 11.9. The molecule has 0 saturated carbocycles. The third-order valence-electron chi connectivity index (χ3n) is 2.00. The average Bonchev–Trinajstić information content (AvgIpc) is 2.24. The maximum absolute atomic E-state index is 11.0. The van der Waals surface area contributed by atoms with Gasteiger partial charge < -0.3 is 14.2 Å². The molecule has 94 valence electrons. The molecular weight excluding hydrogens is 212 g/mol. The van der Waals surface area contributed by atoms with Gasteiger partial charge in [0.25, 0.3) is 0 Å². The number of methoxy groups -OCH3 is 1. The zero-order valence-electron chi connectivity index (χ0n) is 10.2.